The van der Waals surface area contributed by atoms with Crippen LogP contribution in [0.4, 0.5) is 5.69 Å². The van der Waals surface area contributed by atoms with E-state index in [2.05, 4.69) is 25.9 Å². The molecule has 0 saturated heterocycles. The summed E-state index contributed by atoms with van der Waals surface area (Å²) in [5.41, 5.74) is 2.09. The monoisotopic (exact) mass is 330 g/mol. The molecule has 24 heavy (non-hydrogen) atoms. The minimum absolute atomic E-state index is 0.549. The molecule has 2 aromatic rings. The van der Waals surface area contributed by atoms with Crippen LogP contribution < -0.4 is 4.90 Å². The molecule has 0 spiro atoms. The Hall–Kier alpha value is -2.20. The van der Waals surface area contributed by atoms with Crippen molar-refractivity contribution in [1.29, 1.82) is 0 Å². The molecule has 0 unspecified atom stereocenters. The summed E-state index contributed by atoms with van der Waals surface area (Å²) in [6.45, 7) is 7.26. The van der Waals surface area contributed by atoms with E-state index in [4.69, 9.17) is 0 Å². The molecular weight excluding hydrogens is 300 g/mol. The molecule has 0 heterocycles. The number of aldehydes is 2. The minimum Gasteiger partial charge on any atom is -0.377 e. The summed E-state index contributed by atoms with van der Waals surface area (Å²) in [7, 11) is 7.98. The summed E-state index contributed by atoms with van der Waals surface area (Å²) in [5.74, 6) is 0. The van der Waals surface area contributed by atoms with Gasteiger partial charge in [0.1, 0.15) is 0 Å². The summed E-state index contributed by atoms with van der Waals surface area (Å²) < 4.78 is 0. The molecule has 4 nitrogen and oxygen atoms in total. The second-order valence-electron chi connectivity index (χ2n) is 5.47. The van der Waals surface area contributed by atoms with E-state index in [-0.39, 0.29) is 0 Å². The van der Waals surface area contributed by atoms with Crippen molar-refractivity contribution >= 4 is 29.0 Å². The van der Waals surface area contributed by atoms with Crippen molar-refractivity contribution < 1.29 is 9.59 Å². The second-order valence-corrected chi connectivity index (χ2v) is 5.47. The number of hydrogen-bond acceptors (Lipinski definition) is 4. The number of benzene rings is 2. The standard InChI is InChI=1S/C14H13NO2.C4H11N.C2H6/c1-15(2)13-7-6-11(9-17)14-10(8-16)4-3-5-12(13)14;1-4-5(2)3;1-2/h3-9H,1-2H3;4H2,1-3H3;1-2H3. The number of hydrogen-bond donors (Lipinski definition) is 0. The lowest BCUT2D eigenvalue weighted by atomic mass is 9.98. The molecule has 0 aromatic heterocycles. The van der Waals surface area contributed by atoms with Crippen LogP contribution in [0.2, 0.25) is 0 Å². The lowest BCUT2D eigenvalue weighted by molar-refractivity contribution is 0.112. The summed E-state index contributed by atoms with van der Waals surface area (Å²) in [4.78, 5) is 26.2. The SMILES string of the molecule is CC.CCN(C)C.CN(C)c1ccc(C=O)c2c(C=O)cccc12. The van der Waals surface area contributed by atoms with Crippen molar-refractivity contribution in [3.63, 3.8) is 0 Å². The predicted molar refractivity (Wildman–Crippen MR) is 105 cm³/mol. The van der Waals surface area contributed by atoms with Gasteiger partial charge in [0, 0.05) is 41.7 Å². The first-order valence-electron chi connectivity index (χ1n) is 8.24. The van der Waals surface area contributed by atoms with E-state index >= 15 is 0 Å². The van der Waals surface area contributed by atoms with Gasteiger partial charge in [-0.1, -0.05) is 39.0 Å². The fourth-order valence-electron chi connectivity index (χ4n) is 2.03. The molecule has 0 saturated carbocycles. The fourth-order valence-corrected chi connectivity index (χ4v) is 2.03. The average Bonchev–Trinajstić information content (AvgIpc) is 2.62. The molecule has 0 fully saturated rings. The van der Waals surface area contributed by atoms with E-state index in [1.807, 2.05) is 51.0 Å². The smallest absolute Gasteiger partial charge is 0.150 e. The van der Waals surface area contributed by atoms with Crippen molar-refractivity contribution in [2.75, 3.05) is 39.6 Å². The van der Waals surface area contributed by atoms with Crippen molar-refractivity contribution in [3.05, 3.63) is 41.5 Å². The van der Waals surface area contributed by atoms with Gasteiger partial charge in [0.2, 0.25) is 0 Å². The van der Waals surface area contributed by atoms with E-state index in [9.17, 15) is 9.59 Å². The Kier molecular flexibility index (Phi) is 10.3. The van der Waals surface area contributed by atoms with E-state index in [1.165, 1.54) is 0 Å². The predicted octanol–water partition coefficient (Wildman–Crippen LogP) is 4.12. The third-order valence-corrected chi connectivity index (χ3v) is 3.45. The first-order chi connectivity index (χ1) is 11.5. The van der Waals surface area contributed by atoms with Crippen LogP contribution in [0.1, 0.15) is 41.5 Å². The van der Waals surface area contributed by atoms with Gasteiger partial charge in [-0.15, -0.1) is 0 Å². The lowest BCUT2D eigenvalue weighted by Gasteiger charge is -2.17. The largest absolute Gasteiger partial charge is 0.377 e. The average molecular weight is 330 g/mol. The summed E-state index contributed by atoms with van der Waals surface area (Å²) in [5, 5.41) is 1.65. The third kappa shape index (κ3) is 5.78. The van der Waals surface area contributed by atoms with Gasteiger partial charge in [-0.25, -0.2) is 0 Å². The van der Waals surface area contributed by atoms with Gasteiger partial charge in [-0.05, 0) is 32.8 Å². The molecule has 0 aliphatic rings. The van der Waals surface area contributed by atoms with E-state index < -0.39 is 0 Å². The molecule has 0 aliphatic carbocycles. The van der Waals surface area contributed by atoms with Crippen LogP contribution in [0.3, 0.4) is 0 Å². The molecule has 132 valence electrons. The summed E-state index contributed by atoms with van der Waals surface area (Å²) in [6.07, 6.45) is 1.57. The van der Waals surface area contributed by atoms with Gasteiger partial charge >= 0.3 is 0 Å². The van der Waals surface area contributed by atoms with Gasteiger partial charge in [0.15, 0.2) is 12.6 Å². The van der Waals surface area contributed by atoms with E-state index in [0.717, 1.165) is 35.6 Å². The number of fused-ring (bicyclic) bond motifs is 1. The zero-order valence-electron chi connectivity index (χ0n) is 16.0. The maximum atomic E-state index is 11.0. The lowest BCUT2D eigenvalue weighted by Crippen LogP contribution is -2.09. The number of rotatable bonds is 4. The topological polar surface area (TPSA) is 40.6 Å². The molecule has 0 N–H and O–H groups in total. The quantitative estimate of drug-likeness (QED) is 0.791. The highest BCUT2D eigenvalue weighted by Gasteiger charge is 2.10. The van der Waals surface area contributed by atoms with Crippen LogP contribution >= 0.6 is 0 Å². The van der Waals surface area contributed by atoms with Gasteiger partial charge in [-0.2, -0.15) is 0 Å². The van der Waals surface area contributed by atoms with Gasteiger partial charge < -0.3 is 9.80 Å². The Bertz CT molecular complexity index is 635. The Morgan fingerprint density at radius 2 is 1.38 bits per heavy atom. The van der Waals surface area contributed by atoms with E-state index in [1.54, 1.807) is 12.1 Å². The first kappa shape index (κ1) is 21.8. The number of anilines is 1. The highest BCUT2D eigenvalue weighted by Crippen LogP contribution is 2.29. The maximum Gasteiger partial charge on any atom is 0.150 e. The van der Waals surface area contributed by atoms with Crippen LogP contribution in [0.15, 0.2) is 30.3 Å². The molecule has 4 heteroatoms. The zero-order valence-corrected chi connectivity index (χ0v) is 16.0. The van der Waals surface area contributed by atoms with Crippen molar-refractivity contribution in [2.24, 2.45) is 0 Å². The molecule has 2 aromatic carbocycles. The fraction of sp³-hybridized carbons (Fsp3) is 0.400. The van der Waals surface area contributed by atoms with Crippen LogP contribution in [0.25, 0.3) is 10.8 Å². The molecule has 0 atom stereocenters. The van der Waals surface area contributed by atoms with Gasteiger partial charge in [0.05, 0.1) is 0 Å². The van der Waals surface area contributed by atoms with Crippen molar-refractivity contribution in [1.82, 2.24) is 4.90 Å². The number of carbonyl (C=O) groups is 2. The van der Waals surface area contributed by atoms with Crippen LogP contribution in [0, 0.1) is 0 Å². The first-order valence-corrected chi connectivity index (χ1v) is 8.24. The maximum absolute atomic E-state index is 11.0. The molecule has 2 rings (SSSR count). The normalized spacial score (nSPS) is 9.50. The Labute approximate surface area is 146 Å². The van der Waals surface area contributed by atoms with Gasteiger partial charge in [-0.3, -0.25) is 9.59 Å². The Balaban J connectivity index is 0.000000650. The molecular formula is C20H30N2O2. The Morgan fingerprint density at radius 1 is 0.875 bits per heavy atom. The summed E-state index contributed by atoms with van der Waals surface area (Å²) in [6, 6.07) is 9.11. The highest BCUT2D eigenvalue weighted by atomic mass is 16.1. The molecule has 0 bridgehead atoms. The van der Waals surface area contributed by atoms with E-state index in [0.29, 0.717) is 11.1 Å². The van der Waals surface area contributed by atoms with Gasteiger partial charge in [0.25, 0.3) is 0 Å². The molecule has 0 radical (unpaired) electrons. The molecule has 0 aliphatic heterocycles. The zero-order chi connectivity index (χ0) is 18.7. The third-order valence-electron chi connectivity index (χ3n) is 3.45. The summed E-state index contributed by atoms with van der Waals surface area (Å²) >= 11 is 0. The second kappa shape index (κ2) is 11.4. The van der Waals surface area contributed by atoms with Crippen LogP contribution in [-0.2, 0) is 0 Å². The van der Waals surface area contributed by atoms with Crippen LogP contribution in [-0.4, -0.2) is 52.2 Å². The van der Waals surface area contributed by atoms with Crippen molar-refractivity contribution in [2.45, 2.75) is 20.8 Å². The van der Waals surface area contributed by atoms with Crippen molar-refractivity contribution in [3.8, 4) is 0 Å². The molecule has 0 amide bonds. The minimum atomic E-state index is 0.549. The number of nitrogens with zero attached hydrogens (tertiary/aromatic N) is 2. The Morgan fingerprint density at radius 3 is 1.79 bits per heavy atom. The number of carbonyl (C=O) groups excluding carboxylic acids is 2. The highest BCUT2D eigenvalue weighted by molar-refractivity contribution is 6.10. The van der Waals surface area contributed by atoms with Crippen LogP contribution in [0.5, 0.6) is 0 Å².